The molecule has 0 bridgehead atoms. The molecular weight excluding hydrogens is 432 g/mol. The molecular formula is C22H23BrN4O2. The van der Waals surface area contributed by atoms with Crippen LogP contribution in [0.5, 0.6) is 5.75 Å². The van der Waals surface area contributed by atoms with E-state index in [9.17, 15) is 4.79 Å². The van der Waals surface area contributed by atoms with Gasteiger partial charge in [0.2, 0.25) is 5.91 Å². The van der Waals surface area contributed by atoms with E-state index in [0.29, 0.717) is 24.6 Å². The number of nitrogens with one attached hydrogen (secondary N) is 1. The molecule has 2 aromatic carbocycles. The number of rotatable bonds is 7. The van der Waals surface area contributed by atoms with Crippen molar-refractivity contribution in [2.75, 3.05) is 5.32 Å². The number of aromatic nitrogens is 3. The first-order chi connectivity index (χ1) is 14.2. The summed E-state index contributed by atoms with van der Waals surface area (Å²) in [5.41, 5.74) is 2.56. The molecule has 0 atom stereocenters. The lowest BCUT2D eigenvalue weighted by molar-refractivity contribution is -0.116. The average Bonchev–Trinajstić information content (AvgIpc) is 3.41. The van der Waals surface area contributed by atoms with Gasteiger partial charge in [-0.2, -0.15) is 5.10 Å². The molecule has 1 aliphatic carbocycles. The predicted octanol–water partition coefficient (Wildman–Crippen LogP) is 4.92. The third kappa shape index (κ3) is 5.23. The van der Waals surface area contributed by atoms with Crippen LogP contribution in [0.25, 0.3) is 5.69 Å². The fourth-order valence-electron chi connectivity index (χ4n) is 3.58. The highest BCUT2D eigenvalue weighted by Gasteiger charge is 2.16. The van der Waals surface area contributed by atoms with Gasteiger partial charge in [-0.3, -0.25) is 4.79 Å². The van der Waals surface area contributed by atoms with E-state index in [4.69, 9.17) is 4.74 Å². The second-order valence-corrected chi connectivity index (χ2v) is 8.14. The minimum atomic E-state index is -0.0495. The van der Waals surface area contributed by atoms with Crippen LogP contribution in [0.3, 0.4) is 0 Å². The number of hydrogen-bond donors (Lipinski definition) is 1. The Hall–Kier alpha value is -2.67. The Morgan fingerprint density at radius 2 is 2.07 bits per heavy atom. The van der Waals surface area contributed by atoms with Gasteiger partial charge in [0.25, 0.3) is 0 Å². The monoisotopic (exact) mass is 454 g/mol. The molecule has 1 N–H and O–H groups in total. The third-order valence-electron chi connectivity index (χ3n) is 5.04. The zero-order valence-electron chi connectivity index (χ0n) is 16.1. The van der Waals surface area contributed by atoms with Crippen LogP contribution in [-0.2, 0) is 11.2 Å². The van der Waals surface area contributed by atoms with E-state index in [-0.39, 0.29) is 5.91 Å². The zero-order chi connectivity index (χ0) is 20.1. The number of aryl methyl sites for hydroxylation is 1. The van der Waals surface area contributed by atoms with E-state index in [1.807, 2.05) is 42.5 Å². The highest BCUT2D eigenvalue weighted by molar-refractivity contribution is 9.10. The summed E-state index contributed by atoms with van der Waals surface area (Å²) in [7, 11) is 0. The van der Waals surface area contributed by atoms with Crippen LogP contribution in [0.4, 0.5) is 5.69 Å². The lowest BCUT2D eigenvalue weighted by Gasteiger charge is -2.14. The fourth-order valence-corrected chi connectivity index (χ4v) is 3.95. The standard InChI is InChI=1S/C22H23BrN4O2/c23-17-9-10-21(27-15-24-14-25-27)20(13-17)26-22(28)11-8-16-4-3-7-19(12-16)29-18-5-1-2-6-18/h3-4,7,9-10,12-15,18H,1-2,5-6,8,11H2,(H,26,28). The van der Waals surface area contributed by atoms with E-state index in [2.05, 4.69) is 31.3 Å². The first-order valence-electron chi connectivity index (χ1n) is 9.87. The first-order valence-corrected chi connectivity index (χ1v) is 10.7. The number of nitrogens with zero attached hydrogens (tertiary/aromatic N) is 3. The Labute approximate surface area is 178 Å². The number of hydrogen-bond acceptors (Lipinski definition) is 4. The van der Waals surface area contributed by atoms with Gasteiger partial charge in [-0.25, -0.2) is 9.67 Å². The van der Waals surface area contributed by atoms with Crippen molar-refractivity contribution in [2.24, 2.45) is 0 Å². The van der Waals surface area contributed by atoms with E-state index in [1.54, 1.807) is 11.0 Å². The summed E-state index contributed by atoms with van der Waals surface area (Å²) in [5.74, 6) is 0.849. The summed E-state index contributed by atoms with van der Waals surface area (Å²) >= 11 is 3.46. The number of carbonyl (C=O) groups is 1. The number of halogens is 1. The van der Waals surface area contributed by atoms with Crippen molar-refractivity contribution in [3.05, 3.63) is 65.2 Å². The molecule has 7 heteroatoms. The van der Waals surface area contributed by atoms with Crippen molar-refractivity contribution >= 4 is 27.5 Å². The fraction of sp³-hybridized carbons (Fsp3) is 0.318. The molecule has 0 unspecified atom stereocenters. The lowest BCUT2D eigenvalue weighted by atomic mass is 10.1. The second kappa shape index (κ2) is 9.22. The van der Waals surface area contributed by atoms with E-state index < -0.39 is 0 Å². The molecule has 1 amide bonds. The number of carbonyl (C=O) groups excluding carboxylic acids is 1. The van der Waals surface area contributed by atoms with E-state index in [1.165, 1.54) is 19.2 Å². The van der Waals surface area contributed by atoms with Crippen LogP contribution in [0.15, 0.2) is 59.6 Å². The molecule has 6 nitrogen and oxygen atoms in total. The van der Waals surface area contributed by atoms with Crippen molar-refractivity contribution in [1.82, 2.24) is 14.8 Å². The average molecular weight is 455 g/mol. The highest BCUT2D eigenvalue weighted by atomic mass is 79.9. The molecule has 1 aliphatic rings. The number of benzene rings is 2. The van der Waals surface area contributed by atoms with Crippen molar-refractivity contribution < 1.29 is 9.53 Å². The van der Waals surface area contributed by atoms with Gasteiger partial charge in [0.1, 0.15) is 18.4 Å². The number of ether oxygens (including phenoxy) is 1. The van der Waals surface area contributed by atoms with Gasteiger partial charge < -0.3 is 10.1 Å². The summed E-state index contributed by atoms with van der Waals surface area (Å²) in [6.07, 6.45) is 9.20. The molecule has 0 aliphatic heterocycles. The predicted molar refractivity (Wildman–Crippen MR) is 115 cm³/mol. The molecule has 0 saturated heterocycles. The summed E-state index contributed by atoms with van der Waals surface area (Å²) in [5, 5.41) is 7.15. The van der Waals surface area contributed by atoms with Gasteiger partial charge in [-0.1, -0.05) is 28.1 Å². The first kappa shape index (κ1) is 19.6. The van der Waals surface area contributed by atoms with Gasteiger partial charge in [-0.15, -0.1) is 0 Å². The Kier molecular flexibility index (Phi) is 6.24. The van der Waals surface area contributed by atoms with Gasteiger partial charge >= 0.3 is 0 Å². The minimum absolute atomic E-state index is 0.0495. The molecule has 0 spiro atoms. The zero-order valence-corrected chi connectivity index (χ0v) is 17.6. The smallest absolute Gasteiger partial charge is 0.224 e. The van der Waals surface area contributed by atoms with Gasteiger partial charge in [-0.05, 0) is 68.0 Å². The quantitative estimate of drug-likeness (QED) is 0.549. The SMILES string of the molecule is O=C(CCc1cccc(OC2CCCC2)c1)Nc1cc(Br)ccc1-n1cncn1. The molecule has 1 fully saturated rings. The van der Waals surface area contributed by atoms with Crippen LogP contribution in [0, 0.1) is 0 Å². The van der Waals surface area contributed by atoms with E-state index >= 15 is 0 Å². The van der Waals surface area contributed by atoms with Crippen LogP contribution in [0.1, 0.15) is 37.7 Å². The normalized spacial score (nSPS) is 14.1. The maximum absolute atomic E-state index is 12.6. The topological polar surface area (TPSA) is 69.0 Å². The Bertz CT molecular complexity index is 969. The largest absolute Gasteiger partial charge is 0.490 e. The molecule has 4 rings (SSSR count). The number of amides is 1. The molecule has 1 aromatic heterocycles. The summed E-state index contributed by atoms with van der Waals surface area (Å²) in [6.45, 7) is 0. The molecule has 1 heterocycles. The molecule has 0 radical (unpaired) electrons. The summed E-state index contributed by atoms with van der Waals surface area (Å²) in [6, 6.07) is 13.7. The Balaban J connectivity index is 1.38. The Morgan fingerprint density at radius 1 is 1.21 bits per heavy atom. The highest BCUT2D eigenvalue weighted by Crippen LogP contribution is 2.26. The van der Waals surface area contributed by atoms with Crippen molar-refractivity contribution in [3.8, 4) is 11.4 Å². The van der Waals surface area contributed by atoms with Crippen molar-refractivity contribution in [1.29, 1.82) is 0 Å². The van der Waals surface area contributed by atoms with Gasteiger partial charge in [0.15, 0.2) is 0 Å². The van der Waals surface area contributed by atoms with Crippen LogP contribution in [0.2, 0.25) is 0 Å². The summed E-state index contributed by atoms with van der Waals surface area (Å²) in [4.78, 5) is 16.6. The maximum atomic E-state index is 12.6. The minimum Gasteiger partial charge on any atom is -0.490 e. The van der Waals surface area contributed by atoms with Crippen molar-refractivity contribution in [2.45, 2.75) is 44.6 Å². The maximum Gasteiger partial charge on any atom is 0.224 e. The molecule has 29 heavy (non-hydrogen) atoms. The third-order valence-corrected chi connectivity index (χ3v) is 5.54. The number of anilines is 1. The van der Waals surface area contributed by atoms with E-state index in [0.717, 1.165) is 34.3 Å². The van der Waals surface area contributed by atoms with Crippen LogP contribution in [-0.4, -0.2) is 26.8 Å². The van der Waals surface area contributed by atoms with Gasteiger partial charge in [0, 0.05) is 10.9 Å². The molecule has 150 valence electrons. The van der Waals surface area contributed by atoms with Crippen molar-refractivity contribution in [3.63, 3.8) is 0 Å². The van der Waals surface area contributed by atoms with Crippen LogP contribution < -0.4 is 10.1 Å². The summed E-state index contributed by atoms with van der Waals surface area (Å²) < 4.78 is 8.58. The second-order valence-electron chi connectivity index (χ2n) is 7.22. The Morgan fingerprint density at radius 3 is 2.86 bits per heavy atom. The van der Waals surface area contributed by atoms with Gasteiger partial charge in [0.05, 0.1) is 17.5 Å². The lowest BCUT2D eigenvalue weighted by Crippen LogP contribution is -2.14. The molecule has 1 saturated carbocycles. The van der Waals surface area contributed by atoms with Crippen LogP contribution >= 0.6 is 15.9 Å². The molecule has 3 aromatic rings.